The zero-order valence-corrected chi connectivity index (χ0v) is 26.6. The first-order valence-electron chi connectivity index (χ1n) is 16.7. The molecule has 10 nitrogen and oxygen atoms in total. The number of hydrogen-bond acceptors (Lipinski definition) is 5. The first-order valence-corrected chi connectivity index (χ1v) is 16.7. The molecule has 2 aromatic carbocycles. The molecule has 0 bridgehead atoms. The third kappa shape index (κ3) is 6.61. The van der Waals surface area contributed by atoms with Crippen molar-refractivity contribution >= 4 is 23.7 Å². The van der Waals surface area contributed by atoms with Gasteiger partial charge in [0, 0.05) is 63.1 Å². The van der Waals surface area contributed by atoms with Crippen LogP contribution >= 0.6 is 0 Å². The molecule has 0 aromatic heterocycles. The van der Waals surface area contributed by atoms with Crippen LogP contribution in [0.5, 0.6) is 5.75 Å². The van der Waals surface area contributed by atoms with Crippen LogP contribution in [0.2, 0.25) is 0 Å². The molecule has 4 amide bonds. The molecule has 2 unspecified atom stereocenters. The van der Waals surface area contributed by atoms with Crippen molar-refractivity contribution in [2.45, 2.75) is 83.3 Å². The number of carbonyl (C=O) groups is 3. The molecule has 0 spiro atoms. The van der Waals surface area contributed by atoms with Crippen molar-refractivity contribution in [1.29, 1.82) is 0 Å². The molecule has 3 heterocycles. The smallest absolute Gasteiger partial charge is 0.407 e. The van der Waals surface area contributed by atoms with Gasteiger partial charge < -0.3 is 30.2 Å². The topological polar surface area (TPSA) is 117 Å². The van der Waals surface area contributed by atoms with E-state index in [1.807, 2.05) is 60.0 Å². The lowest BCUT2D eigenvalue weighted by atomic mass is 9.82. The van der Waals surface area contributed by atoms with Crippen LogP contribution in [0, 0.1) is 19.8 Å². The highest BCUT2D eigenvalue weighted by molar-refractivity contribution is 5.91. The van der Waals surface area contributed by atoms with E-state index in [4.69, 9.17) is 0 Å². The fraction of sp³-hybridized carbons (Fsp3) is 0.571. The van der Waals surface area contributed by atoms with Gasteiger partial charge in [-0.15, -0.1) is 0 Å². The van der Waals surface area contributed by atoms with Crippen molar-refractivity contribution in [3.8, 4) is 5.75 Å². The zero-order valence-electron chi connectivity index (χ0n) is 26.6. The van der Waals surface area contributed by atoms with Crippen molar-refractivity contribution in [3.05, 3.63) is 58.7 Å². The van der Waals surface area contributed by atoms with E-state index in [0.29, 0.717) is 51.4 Å². The molecule has 0 radical (unpaired) electrons. The Labute approximate surface area is 266 Å². The lowest BCUT2D eigenvalue weighted by molar-refractivity contribution is -0.140. The number of urea groups is 1. The average molecular weight is 618 g/mol. The number of likely N-dealkylation sites (tertiary alicyclic amines) is 1. The van der Waals surface area contributed by atoms with Crippen LogP contribution in [-0.4, -0.2) is 105 Å². The van der Waals surface area contributed by atoms with E-state index in [9.17, 15) is 24.6 Å². The number of nitrogens with one attached hydrogen (secondary N) is 1. The number of aromatic hydroxyl groups is 1. The Morgan fingerprint density at radius 3 is 2.31 bits per heavy atom. The summed E-state index contributed by atoms with van der Waals surface area (Å²) < 4.78 is 0. The first kappa shape index (κ1) is 31.2. The standard InChI is InChI=1S/C35H47N5O5/c1-23-19-25(20-24(2)32(23)41)21-29(33(42)38-17-15-37(16-18-38)27-8-4-5-9-27)31-22-28(12-14-40(31)35(44)45)39-13-11-26-7-3-6-10-30(26)36-34(39)43/h3,6-7,10,19-20,27-29,31,41H,4-5,8-9,11-18,21-22H2,1-2H3,(H,36,43)(H,44,45)/t28?,29?,31-/m1/s1. The van der Waals surface area contributed by atoms with Gasteiger partial charge in [0.25, 0.3) is 0 Å². The molecule has 4 aliphatic rings. The summed E-state index contributed by atoms with van der Waals surface area (Å²) in [5.41, 5.74) is 4.27. The van der Waals surface area contributed by atoms with E-state index in [-0.39, 0.29) is 30.3 Å². The lowest BCUT2D eigenvalue weighted by Gasteiger charge is -2.46. The first-order chi connectivity index (χ1) is 21.7. The summed E-state index contributed by atoms with van der Waals surface area (Å²) in [5.74, 6) is -0.394. The second kappa shape index (κ2) is 13.3. The van der Waals surface area contributed by atoms with Crippen LogP contribution in [0.25, 0.3) is 0 Å². The number of carbonyl (C=O) groups excluding carboxylic acids is 2. The van der Waals surface area contributed by atoms with Gasteiger partial charge in [-0.1, -0.05) is 43.2 Å². The van der Waals surface area contributed by atoms with Crippen LogP contribution in [0.4, 0.5) is 15.3 Å². The molecule has 1 aliphatic carbocycles. The third-order valence-electron chi connectivity index (χ3n) is 10.7. The van der Waals surface area contributed by atoms with Gasteiger partial charge in [0.05, 0.1) is 5.92 Å². The molecular weight excluding hydrogens is 570 g/mol. The Kier molecular flexibility index (Phi) is 9.21. The minimum absolute atomic E-state index is 0.0194. The molecule has 2 saturated heterocycles. The summed E-state index contributed by atoms with van der Waals surface area (Å²) in [6, 6.07) is 11.3. The SMILES string of the molecule is Cc1cc(CC(C(=O)N2CCN(C3CCCC3)CC2)[C@H]2CC(N3CCc4ccccc4NC3=O)CCN2C(=O)O)cc(C)c1O. The number of rotatable bonds is 6. The highest BCUT2D eigenvalue weighted by Crippen LogP contribution is 2.34. The predicted octanol–water partition coefficient (Wildman–Crippen LogP) is 4.86. The molecule has 10 heteroatoms. The molecular formula is C35H47N5O5. The normalized spacial score (nSPS) is 23.8. The van der Waals surface area contributed by atoms with Crippen molar-refractivity contribution in [2.75, 3.05) is 44.6 Å². The largest absolute Gasteiger partial charge is 0.507 e. The molecule has 3 aliphatic heterocycles. The van der Waals surface area contributed by atoms with Crippen molar-refractivity contribution in [3.63, 3.8) is 0 Å². The number of piperazine rings is 1. The van der Waals surface area contributed by atoms with E-state index < -0.39 is 18.1 Å². The van der Waals surface area contributed by atoms with E-state index in [1.165, 1.54) is 30.6 Å². The number of hydrogen-bond donors (Lipinski definition) is 3. The lowest BCUT2D eigenvalue weighted by Crippen LogP contribution is -2.60. The fourth-order valence-electron chi connectivity index (χ4n) is 8.23. The molecule has 45 heavy (non-hydrogen) atoms. The fourth-order valence-corrected chi connectivity index (χ4v) is 8.23. The predicted molar refractivity (Wildman–Crippen MR) is 173 cm³/mol. The third-order valence-corrected chi connectivity index (χ3v) is 10.7. The molecule has 242 valence electrons. The number of para-hydroxylation sites is 1. The highest BCUT2D eigenvalue weighted by atomic mass is 16.4. The number of fused-ring (bicyclic) bond motifs is 1. The number of phenolic OH excluding ortho intramolecular Hbond substituents is 1. The van der Waals surface area contributed by atoms with Crippen LogP contribution < -0.4 is 5.32 Å². The number of piperidine rings is 1. The van der Waals surface area contributed by atoms with Crippen molar-refractivity contribution < 1.29 is 24.6 Å². The summed E-state index contributed by atoms with van der Waals surface area (Å²) in [6.45, 7) is 7.43. The Bertz CT molecular complexity index is 1390. The van der Waals surface area contributed by atoms with Crippen LogP contribution in [0.3, 0.4) is 0 Å². The highest BCUT2D eigenvalue weighted by Gasteiger charge is 2.44. The van der Waals surface area contributed by atoms with Gasteiger partial charge in [-0.3, -0.25) is 9.69 Å². The monoisotopic (exact) mass is 617 g/mol. The van der Waals surface area contributed by atoms with E-state index in [2.05, 4.69) is 10.2 Å². The minimum atomic E-state index is -1.03. The Morgan fingerprint density at radius 1 is 0.933 bits per heavy atom. The van der Waals surface area contributed by atoms with E-state index in [0.717, 1.165) is 41.0 Å². The van der Waals surface area contributed by atoms with Gasteiger partial charge in [0.2, 0.25) is 5.91 Å². The summed E-state index contributed by atoms with van der Waals surface area (Å²) in [7, 11) is 0. The summed E-state index contributed by atoms with van der Waals surface area (Å²) in [6.07, 6.45) is 5.94. The Morgan fingerprint density at radius 2 is 1.62 bits per heavy atom. The second-order valence-corrected chi connectivity index (χ2v) is 13.4. The van der Waals surface area contributed by atoms with Gasteiger partial charge in [-0.25, -0.2) is 9.59 Å². The minimum Gasteiger partial charge on any atom is -0.507 e. The Balaban J connectivity index is 1.27. The maximum absolute atomic E-state index is 14.5. The van der Waals surface area contributed by atoms with Gasteiger partial charge in [-0.05, 0) is 80.7 Å². The summed E-state index contributed by atoms with van der Waals surface area (Å²) in [5, 5.41) is 23.9. The molecule has 1 saturated carbocycles. The average Bonchev–Trinajstić information content (AvgIpc) is 3.52. The maximum atomic E-state index is 14.5. The number of anilines is 1. The Hall–Kier alpha value is -3.79. The molecule has 2 aromatic rings. The van der Waals surface area contributed by atoms with Gasteiger partial charge in [-0.2, -0.15) is 0 Å². The number of phenols is 1. The van der Waals surface area contributed by atoms with Crippen LogP contribution in [0.15, 0.2) is 36.4 Å². The quantitative estimate of drug-likeness (QED) is 0.427. The molecule has 3 fully saturated rings. The molecule has 3 atom stereocenters. The zero-order chi connectivity index (χ0) is 31.7. The van der Waals surface area contributed by atoms with Gasteiger partial charge in [0.15, 0.2) is 0 Å². The van der Waals surface area contributed by atoms with E-state index in [1.54, 1.807) is 0 Å². The molecule has 6 rings (SSSR count). The number of aryl methyl sites for hydroxylation is 2. The number of amides is 4. The van der Waals surface area contributed by atoms with Gasteiger partial charge in [0.1, 0.15) is 5.75 Å². The van der Waals surface area contributed by atoms with Crippen molar-refractivity contribution in [1.82, 2.24) is 19.6 Å². The molecule has 3 N–H and O–H groups in total. The number of benzene rings is 2. The van der Waals surface area contributed by atoms with Crippen LogP contribution in [-0.2, 0) is 17.6 Å². The van der Waals surface area contributed by atoms with E-state index >= 15 is 0 Å². The maximum Gasteiger partial charge on any atom is 0.407 e. The van der Waals surface area contributed by atoms with Crippen molar-refractivity contribution in [2.24, 2.45) is 5.92 Å². The number of carboxylic acid groups (broad SMARTS) is 1. The summed E-state index contributed by atoms with van der Waals surface area (Å²) >= 11 is 0. The van der Waals surface area contributed by atoms with Crippen LogP contribution in [0.1, 0.15) is 60.8 Å². The second-order valence-electron chi connectivity index (χ2n) is 13.4. The summed E-state index contributed by atoms with van der Waals surface area (Å²) in [4.78, 5) is 48.4. The number of nitrogens with zero attached hydrogens (tertiary/aromatic N) is 4. The van der Waals surface area contributed by atoms with Gasteiger partial charge >= 0.3 is 12.1 Å².